The Morgan fingerprint density at radius 3 is 2.33 bits per heavy atom. The molecular weight excluding hydrogens is 506 g/mol. The average molecular weight is 533 g/mol. The molecule has 1 N–H and O–H groups in total. The van der Waals surface area contributed by atoms with Crippen LogP contribution in [0.3, 0.4) is 0 Å². The second-order valence-electron chi connectivity index (χ2n) is 8.66. The molecule has 0 bridgehead atoms. The normalized spacial score (nSPS) is 10.7. The van der Waals surface area contributed by atoms with Crippen molar-refractivity contribution in [3.63, 3.8) is 0 Å². The van der Waals surface area contributed by atoms with E-state index in [-0.39, 0.29) is 53.9 Å². The van der Waals surface area contributed by atoms with Gasteiger partial charge in [-0.3, -0.25) is 14.4 Å². The van der Waals surface area contributed by atoms with Crippen LogP contribution >= 0.6 is 0 Å². The molecule has 1 heterocycles. The first-order valence-electron chi connectivity index (χ1n) is 12.2. The molecule has 7 nitrogen and oxygen atoms in total. The lowest BCUT2D eigenvalue weighted by molar-refractivity contribution is -0.116. The summed E-state index contributed by atoms with van der Waals surface area (Å²) in [6.45, 7) is 2.04. The number of nitrogens with zero attached hydrogens (tertiary/aromatic N) is 1. The fourth-order valence-corrected chi connectivity index (χ4v) is 3.89. The molecule has 0 aliphatic heterocycles. The van der Waals surface area contributed by atoms with Crippen LogP contribution in [0.2, 0.25) is 0 Å². The van der Waals surface area contributed by atoms with Crippen molar-refractivity contribution in [1.29, 1.82) is 0 Å². The van der Waals surface area contributed by atoms with Gasteiger partial charge in [-0.2, -0.15) is 0 Å². The molecule has 4 aromatic rings. The zero-order valence-electron chi connectivity index (χ0n) is 21.4. The molecule has 1 amide bonds. The predicted molar refractivity (Wildman–Crippen MR) is 143 cm³/mol. The molecule has 0 radical (unpaired) electrons. The first-order chi connectivity index (χ1) is 18.7. The monoisotopic (exact) mass is 532 g/mol. The van der Waals surface area contributed by atoms with E-state index in [4.69, 9.17) is 9.47 Å². The number of benzene rings is 3. The number of Topliss-reactive ketones (excluding diaryl/α,β-unsaturated/α-hetero) is 1. The third kappa shape index (κ3) is 6.75. The summed E-state index contributed by atoms with van der Waals surface area (Å²) in [6.07, 6.45) is 1.54. The molecule has 39 heavy (non-hydrogen) atoms. The molecule has 0 saturated carbocycles. The second-order valence-corrected chi connectivity index (χ2v) is 8.66. The highest BCUT2D eigenvalue weighted by Crippen LogP contribution is 2.40. The highest BCUT2D eigenvalue weighted by atomic mass is 19.1. The van der Waals surface area contributed by atoms with Gasteiger partial charge in [0.25, 0.3) is 5.56 Å². The molecule has 0 atom stereocenters. The van der Waals surface area contributed by atoms with E-state index < -0.39 is 11.6 Å². The molecule has 3 aromatic carbocycles. The maximum atomic E-state index is 14.4. The molecule has 0 spiro atoms. The zero-order chi connectivity index (χ0) is 27.9. The van der Waals surface area contributed by atoms with E-state index >= 15 is 0 Å². The minimum absolute atomic E-state index is 0.0308. The first-order valence-corrected chi connectivity index (χ1v) is 12.2. The number of carbonyl (C=O) groups is 2. The fraction of sp³-hybridized carbons (Fsp3) is 0.167. The van der Waals surface area contributed by atoms with Crippen molar-refractivity contribution < 1.29 is 27.8 Å². The predicted octanol–water partition coefficient (Wildman–Crippen LogP) is 6.12. The largest absolute Gasteiger partial charge is 0.493 e. The average Bonchev–Trinajstić information content (AvgIpc) is 2.92. The van der Waals surface area contributed by atoms with Crippen molar-refractivity contribution in [2.75, 3.05) is 11.9 Å². The number of anilines is 1. The molecule has 1 aromatic heterocycles. The van der Waals surface area contributed by atoms with Crippen LogP contribution in [-0.2, 0) is 11.8 Å². The maximum Gasteiger partial charge on any atom is 0.254 e. The number of aryl methyl sites for hydroxylation is 1. The van der Waals surface area contributed by atoms with Gasteiger partial charge in [-0.25, -0.2) is 8.78 Å². The Labute approximate surface area is 223 Å². The number of halogens is 2. The van der Waals surface area contributed by atoms with Crippen molar-refractivity contribution in [2.45, 2.75) is 19.8 Å². The minimum Gasteiger partial charge on any atom is -0.493 e. The van der Waals surface area contributed by atoms with Gasteiger partial charge in [0.2, 0.25) is 5.91 Å². The van der Waals surface area contributed by atoms with Crippen molar-refractivity contribution in [2.24, 2.45) is 7.05 Å². The Bertz CT molecular complexity index is 1570. The summed E-state index contributed by atoms with van der Waals surface area (Å²) in [5.74, 6) is -1.94. The van der Waals surface area contributed by atoms with E-state index in [1.165, 1.54) is 16.7 Å². The quantitative estimate of drug-likeness (QED) is 0.249. The van der Waals surface area contributed by atoms with Crippen molar-refractivity contribution in [3.05, 3.63) is 107 Å². The Kier molecular flexibility index (Phi) is 8.50. The number of pyridine rings is 1. The van der Waals surface area contributed by atoms with Gasteiger partial charge >= 0.3 is 0 Å². The fourth-order valence-electron chi connectivity index (χ4n) is 3.89. The van der Waals surface area contributed by atoms with Crippen LogP contribution in [0, 0.1) is 11.6 Å². The van der Waals surface area contributed by atoms with Gasteiger partial charge in [0.15, 0.2) is 17.3 Å². The minimum atomic E-state index is -0.896. The molecule has 9 heteroatoms. The number of rotatable bonds is 10. The molecule has 0 fully saturated rings. The van der Waals surface area contributed by atoms with E-state index in [0.717, 1.165) is 12.1 Å². The van der Waals surface area contributed by atoms with E-state index in [9.17, 15) is 23.2 Å². The number of hydrogen-bond acceptors (Lipinski definition) is 5. The third-order valence-corrected chi connectivity index (χ3v) is 5.83. The SMILES string of the molecule is CCOc1cc(=O)n(C)cc1-c1cc(NC(=O)CCC(=O)c2ccccc2)ccc1Oc1ccc(F)cc1F. The maximum absolute atomic E-state index is 14.4. The number of aromatic nitrogens is 1. The molecule has 0 saturated heterocycles. The topological polar surface area (TPSA) is 86.6 Å². The Hall–Kier alpha value is -4.79. The lowest BCUT2D eigenvalue weighted by Crippen LogP contribution is -2.16. The first kappa shape index (κ1) is 27.3. The standard InChI is InChI=1S/C30H26F2N2O5/c1-3-38-28-17-30(37)34(2)18-23(28)22-16-21(10-13-26(22)39-27-12-9-20(31)15-24(27)32)33-29(36)14-11-25(35)19-7-5-4-6-8-19/h4-10,12-13,15-18H,3,11,14H2,1-2H3,(H,33,36). The summed E-state index contributed by atoms with van der Waals surface area (Å²) in [6, 6.07) is 17.6. The number of nitrogens with one attached hydrogen (secondary N) is 1. The number of ketones is 1. The Morgan fingerprint density at radius 2 is 1.62 bits per heavy atom. The Balaban J connectivity index is 1.66. The van der Waals surface area contributed by atoms with Crippen molar-refractivity contribution in [1.82, 2.24) is 4.57 Å². The smallest absolute Gasteiger partial charge is 0.254 e. The number of amides is 1. The van der Waals surface area contributed by atoms with Crippen LogP contribution in [-0.4, -0.2) is 22.9 Å². The van der Waals surface area contributed by atoms with Crippen LogP contribution < -0.4 is 20.3 Å². The van der Waals surface area contributed by atoms with Crippen LogP contribution in [0.25, 0.3) is 11.1 Å². The summed E-state index contributed by atoms with van der Waals surface area (Å²) in [7, 11) is 1.57. The summed E-state index contributed by atoms with van der Waals surface area (Å²) < 4.78 is 40.6. The summed E-state index contributed by atoms with van der Waals surface area (Å²) >= 11 is 0. The van der Waals surface area contributed by atoms with Crippen molar-refractivity contribution >= 4 is 17.4 Å². The molecule has 4 rings (SSSR count). The summed E-state index contributed by atoms with van der Waals surface area (Å²) in [5, 5.41) is 2.77. The highest BCUT2D eigenvalue weighted by molar-refractivity contribution is 6.00. The molecule has 0 aliphatic carbocycles. The highest BCUT2D eigenvalue weighted by Gasteiger charge is 2.18. The number of carbonyl (C=O) groups excluding carboxylic acids is 2. The van der Waals surface area contributed by atoms with Crippen LogP contribution in [0.5, 0.6) is 17.2 Å². The zero-order valence-corrected chi connectivity index (χ0v) is 21.4. The van der Waals surface area contributed by atoms with E-state index in [2.05, 4.69) is 5.32 Å². The molecule has 0 aliphatic rings. The van der Waals surface area contributed by atoms with E-state index in [1.54, 1.807) is 62.6 Å². The lowest BCUT2D eigenvalue weighted by atomic mass is 10.0. The van der Waals surface area contributed by atoms with Gasteiger partial charge in [0.1, 0.15) is 17.3 Å². The number of ether oxygens (including phenoxy) is 2. The molecule has 0 unspecified atom stereocenters. The lowest BCUT2D eigenvalue weighted by Gasteiger charge is -2.17. The Morgan fingerprint density at radius 1 is 0.872 bits per heavy atom. The summed E-state index contributed by atoms with van der Waals surface area (Å²) in [5.41, 5.74) is 1.44. The second kappa shape index (κ2) is 12.2. The van der Waals surface area contributed by atoms with Gasteiger partial charge in [0.05, 0.1) is 6.61 Å². The van der Waals surface area contributed by atoms with E-state index in [0.29, 0.717) is 28.4 Å². The van der Waals surface area contributed by atoms with Crippen LogP contribution in [0.4, 0.5) is 14.5 Å². The van der Waals surface area contributed by atoms with E-state index in [1.807, 2.05) is 0 Å². The summed E-state index contributed by atoms with van der Waals surface area (Å²) in [4.78, 5) is 37.3. The van der Waals surface area contributed by atoms with Crippen molar-refractivity contribution in [3.8, 4) is 28.4 Å². The van der Waals surface area contributed by atoms with Gasteiger partial charge in [0, 0.05) is 60.6 Å². The molecular formula is C30H26F2N2O5. The van der Waals surface area contributed by atoms with Crippen LogP contribution in [0.1, 0.15) is 30.1 Å². The van der Waals surface area contributed by atoms with Gasteiger partial charge < -0.3 is 19.4 Å². The van der Waals surface area contributed by atoms with Gasteiger partial charge in [-0.15, -0.1) is 0 Å². The number of hydrogen-bond donors (Lipinski definition) is 1. The van der Waals surface area contributed by atoms with Gasteiger partial charge in [-0.05, 0) is 37.3 Å². The third-order valence-electron chi connectivity index (χ3n) is 5.83. The molecule has 200 valence electrons. The van der Waals surface area contributed by atoms with Crippen LogP contribution in [0.15, 0.2) is 83.8 Å². The van der Waals surface area contributed by atoms with Gasteiger partial charge in [-0.1, -0.05) is 30.3 Å².